The van der Waals surface area contributed by atoms with Crippen LogP contribution in [0.15, 0.2) is 0 Å². The Morgan fingerprint density at radius 2 is 1.11 bits per heavy atom. The van der Waals surface area contributed by atoms with Gasteiger partial charge in [0.05, 0.1) is 61.2 Å². The van der Waals surface area contributed by atoms with Gasteiger partial charge in [-0.25, -0.2) is 38.4 Å². The summed E-state index contributed by atoms with van der Waals surface area (Å²) < 4.78 is 62.3. The SMILES string of the molecule is COC(=O)C(O)C1(O)CC(=O)OCOC1=O.COC(=O)C12CC(=O)OC1C(=O)OCO2.COC(=O)CC1(C(=O)OC)OCOC(=O)C1O.COC(=O)CC1(O)C(=O)OCOC(=O)C1O. The molecule has 0 aliphatic carbocycles. The van der Waals surface area contributed by atoms with E-state index in [4.69, 9.17) is 9.47 Å². The van der Waals surface area contributed by atoms with Crippen molar-refractivity contribution in [2.45, 2.75) is 72.5 Å². The van der Waals surface area contributed by atoms with E-state index < -0.39 is 158 Å². The van der Waals surface area contributed by atoms with Crippen molar-refractivity contribution in [3.05, 3.63) is 0 Å². The fourth-order valence-corrected chi connectivity index (χ4v) is 5.26. The number of hydrogen-bond donors (Lipinski definition) is 5. The number of ether oxygens (including phenoxy) is 14. The molecular formula is C33H40O31. The standard InChI is InChI=1S/C9H12O8.2C8H10O8.C8H8O7/c1-14-5(10)3-9(8(13)15-2)6(11)7(12)16-4-17-9;1-14-6(11)5(10)8(13)2-4(9)15-3-16-7(8)12;1-14-4(9)2-8(13)5(10)6(11)15-3-16-7(8)12;1-12-7(11)8-2-4(9)15-5(8)6(10)13-3-14-8/h6,11H,3-4H2,1-2H3;2*5,10,13H,2-3H2,1H3;5H,2-3H2,1H3. The Balaban J connectivity index is 0.000000294. The van der Waals surface area contributed by atoms with Crippen LogP contribution in [0.3, 0.4) is 0 Å². The molecule has 5 aliphatic rings. The van der Waals surface area contributed by atoms with Gasteiger partial charge in [0.15, 0.2) is 31.9 Å². The van der Waals surface area contributed by atoms with Crippen LogP contribution in [-0.2, 0) is 124 Å². The molecule has 31 nitrogen and oxygen atoms in total. The van der Waals surface area contributed by atoms with Gasteiger partial charge in [-0.05, 0) is 0 Å². The number of carbonyl (C=O) groups is 12. The first-order chi connectivity index (χ1) is 29.9. The first kappa shape index (κ1) is 53.5. The van der Waals surface area contributed by atoms with Gasteiger partial charge in [0, 0.05) is 0 Å². The second-order valence-electron chi connectivity index (χ2n) is 12.6. The molecule has 31 heteroatoms. The normalized spacial score (nSPS) is 29.8. The summed E-state index contributed by atoms with van der Waals surface area (Å²) in [4.78, 5) is 134. The lowest BCUT2D eigenvalue weighted by atomic mass is 9.91. The number of aliphatic hydroxyl groups excluding tert-OH is 3. The van der Waals surface area contributed by atoms with E-state index in [2.05, 4.69) is 56.8 Å². The van der Waals surface area contributed by atoms with Crippen molar-refractivity contribution >= 4 is 71.6 Å². The molecule has 5 N–H and O–H groups in total. The number of methoxy groups -OCH3 is 5. The third-order valence-corrected chi connectivity index (χ3v) is 8.81. The van der Waals surface area contributed by atoms with Crippen LogP contribution in [0.1, 0.15) is 25.7 Å². The van der Waals surface area contributed by atoms with Crippen molar-refractivity contribution in [1.82, 2.24) is 0 Å². The molecule has 0 bridgehead atoms. The molecule has 8 unspecified atom stereocenters. The van der Waals surface area contributed by atoms with Crippen LogP contribution in [0, 0.1) is 0 Å². The average molecular weight is 933 g/mol. The third-order valence-electron chi connectivity index (χ3n) is 8.81. The van der Waals surface area contributed by atoms with Crippen molar-refractivity contribution in [2.75, 3.05) is 62.7 Å². The minimum absolute atomic E-state index is 0.334. The Morgan fingerprint density at radius 1 is 0.594 bits per heavy atom. The summed E-state index contributed by atoms with van der Waals surface area (Å²) in [5.74, 6) is -12.3. The van der Waals surface area contributed by atoms with Gasteiger partial charge in [-0.3, -0.25) is 19.2 Å². The lowest BCUT2D eigenvalue weighted by molar-refractivity contribution is -0.245. The monoisotopic (exact) mass is 932 g/mol. The topological polar surface area (TPSA) is 435 Å². The van der Waals surface area contributed by atoms with E-state index in [1.54, 1.807) is 0 Å². The number of carbonyl (C=O) groups excluding carboxylic acids is 12. The van der Waals surface area contributed by atoms with Crippen LogP contribution in [0.25, 0.3) is 0 Å². The summed E-state index contributed by atoms with van der Waals surface area (Å²) in [6, 6.07) is 0. The summed E-state index contributed by atoms with van der Waals surface area (Å²) in [5.41, 5.74) is -9.14. The van der Waals surface area contributed by atoms with E-state index in [0.717, 1.165) is 35.5 Å². The quantitative estimate of drug-likeness (QED) is 0.111. The molecule has 0 spiro atoms. The van der Waals surface area contributed by atoms with Gasteiger partial charge in [-0.15, -0.1) is 0 Å². The summed E-state index contributed by atoms with van der Waals surface area (Å²) in [5, 5.41) is 47.8. The number of fused-ring (bicyclic) bond motifs is 1. The molecule has 358 valence electrons. The maximum Gasteiger partial charge on any atom is 0.353 e. The highest BCUT2D eigenvalue weighted by atomic mass is 16.8. The van der Waals surface area contributed by atoms with Crippen molar-refractivity contribution in [3.8, 4) is 0 Å². The largest absolute Gasteiger partial charge is 0.469 e. The summed E-state index contributed by atoms with van der Waals surface area (Å²) in [7, 11) is 5.26. The van der Waals surface area contributed by atoms with Crippen LogP contribution < -0.4 is 0 Å². The van der Waals surface area contributed by atoms with Gasteiger partial charge in [0.2, 0.25) is 42.1 Å². The Morgan fingerprint density at radius 3 is 1.69 bits per heavy atom. The van der Waals surface area contributed by atoms with Gasteiger partial charge in [0.25, 0.3) is 0 Å². The van der Waals surface area contributed by atoms with Crippen LogP contribution >= 0.6 is 0 Å². The number of cyclic esters (lactones) is 6. The second kappa shape index (κ2) is 22.6. The molecule has 5 fully saturated rings. The highest BCUT2D eigenvalue weighted by molar-refractivity contribution is 5.98. The maximum absolute atomic E-state index is 11.6. The lowest BCUT2D eigenvalue weighted by Crippen LogP contribution is -2.60. The van der Waals surface area contributed by atoms with Crippen molar-refractivity contribution in [3.63, 3.8) is 0 Å². The van der Waals surface area contributed by atoms with E-state index in [1.165, 1.54) is 0 Å². The highest BCUT2D eigenvalue weighted by Gasteiger charge is 2.64. The molecule has 0 aromatic rings. The van der Waals surface area contributed by atoms with E-state index >= 15 is 0 Å². The number of hydrogen-bond acceptors (Lipinski definition) is 31. The van der Waals surface area contributed by atoms with Crippen molar-refractivity contribution in [1.29, 1.82) is 0 Å². The molecular weight excluding hydrogens is 892 g/mol. The molecule has 0 saturated carbocycles. The Labute approximate surface area is 356 Å². The molecule has 5 rings (SSSR count). The minimum atomic E-state index is -2.68. The lowest BCUT2D eigenvalue weighted by Gasteiger charge is -2.35. The Kier molecular flexibility index (Phi) is 18.9. The van der Waals surface area contributed by atoms with E-state index in [9.17, 15) is 83.1 Å². The first-order valence-electron chi connectivity index (χ1n) is 17.3. The van der Waals surface area contributed by atoms with Crippen LogP contribution in [0.4, 0.5) is 0 Å². The highest BCUT2D eigenvalue weighted by Crippen LogP contribution is 2.36. The predicted molar refractivity (Wildman–Crippen MR) is 180 cm³/mol. The molecule has 5 heterocycles. The maximum atomic E-state index is 11.6. The Bertz CT molecular complexity index is 1830. The third kappa shape index (κ3) is 11.9. The van der Waals surface area contributed by atoms with Gasteiger partial charge in [-0.2, -0.15) is 0 Å². The molecule has 5 aliphatic heterocycles. The molecule has 0 radical (unpaired) electrons. The number of aliphatic hydroxyl groups is 5. The van der Waals surface area contributed by atoms with Crippen LogP contribution in [0.2, 0.25) is 0 Å². The fraction of sp³-hybridized carbons (Fsp3) is 0.636. The van der Waals surface area contributed by atoms with Gasteiger partial charge in [-0.1, -0.05) is 0 Å². The first-order valence-corrected chi connectivity index (χ1v) is 17.3. The zero-order chi connectivity index (χ0) is 48.8. The molecule has 0 aromatic carbocycles. The summed E-state index contributed by atoms with van der Waals surface area (Å²) >= 11 is 0. The molecule has 8 atom stereocenters. The molecule has 0 aromatic heterocycles. The number of rotatable bonds is 8. The molecule has 64 heavy (non-hydrogen) atoms. The zero-order valence-corrected chi connectivity index (χ0v) is 33.8. The van der Waals surface area contributed by atoms with Gasteiger partial charge < -0.3 is 91.8 Å². The van der Waals surface area contributed by atoms with Crippen molar-refractivity contribution in [2.24, 2.45) is 0 Å². The van der Waals surface area contributed by atoms with E-state index in [0.29, 0.717) is 0 Å². The van der Waals surface area contributed by atoms with Crippen LogP contribution in [0.5, 0.6) is 0 Å². The fourth-order valence-electron chi connectivity index (χ4n) is 5.26. The average Bonchev–Trinajstić information content (AvgIpc) is 3.53. The minimum Gasteiger partial charge on any atom is -0.469 e. The van der Waals surface area contributed by atoms with E-state index in [1.807, 2.05) is 0 Å². The van der Waals surface area contributed by atoms with Gasteiger partial charge in [0.1, 0.15) is 0 Å². The van der Waals surface area contributed by atoms with E-state index in [-0.39, 0.29) is 13.2 Å². The predicted octanol–water partition coefficient (Wildman–Crippen LogP) is -7.50. The smallest absolute Gasteiger partial charge is 0.353 e. The van der Waals surface area contributed by atoms with Crippen molar-refractivity contribution < 1.29 is 149 Å². The number of esters is 12. The second-order valence-corrected chi connectivity index (χ2v) is 12.6. The van der Waals surface area contributed by atoms with Gasteiger partial charge >= 0.3 is 71.6 Å². The molecule has 0 amide bonds. The summed E-state index contributed by atoms with van der Waals surface area (Å²) in [6.45, 7) is -2.34. The zero-order valence-electron chi connectivity index (χ0n) is 33.8. The summed E-state index contributed by atoms with van der Waals surface area (Å²) in [6.07, 6.45) is -10.5. The van der Waals surface area contributed by atoms with Crippen LogP contribution in [-0.4, -0.2) is 207 Å². The Hall–Kier alpha value is -6.64. The molecule has 5 saturated heterocycles.